The summed E-state index contributed by atoms with van der Waals surface area (Å²) in [5, 5.41) is 8.88. The lowest BCUT2D eigenvalue weighted by Gasteiger charge is -2.06. The SMILES string of the molecule is O=C(O)c1cccc(OCCCSc2ccc(F)cc2)c1. The highest BCUT2D eigenvalue weighted by Gasteiger charge is 2.03. The molecule has 0 spiro atoms. The van der Waals surface area contributed by atoms with Crippen molar-refractivity contribution in [2.75, 3.05) is 12.4 Å². The van der Waals surface area contributed by atoms with Crippen LogP contribution < -0.4 is 4.74 Å². The lowest BCUT2D eigenvalue weighted by atomic mass is 10.2. The number of carbonyl (C=O) groups is 1. The van der Waals surface area contributed by atoms with E-state index in [0.717, 1.165) is 17.1 Å². The first-order chi connectivity index (χ1) is 10.1. The summed E-state index contributed by atoms with van der Waals surface area (Å²) in [6.07, 6.45) is 0.819. The van der Waals surface area contributed by atoms with Gasteiger partial charge in [-0.15, -0.1) is 11.8 Å². The number of hydrogen-bond donors (Lipinski definition) is 1. The maximum atomic E-state index is 12.7. The molecule has 2 aromatic carbocycles. The van der Waals surface area contributed by atoms with Crippen LogP contribution in [0, 0.1) is 5.82 Å². The van der Waals surface area contributed by atoms with Crippen LogP contribution in [0.1, 0.15) is 16.8 Å². The molecule has 21 heavy (non-hydrogen) atoms. The smallest absolute Gasteiger partial charge is 0.335 e. The van der Waals surface area contributed by atoms with E-state index in [9.17, 15) is 9.18 Å². The number of carboxylic acid groups (broad SMARTS) is 1. The van der Waals surface area contributed by atoms with Crippen LogP contribution in [0.25, 0.3) is 0 Å². The monoisotopic (exact) mass is 306 g/mol. The summed E-state index contributed by atoms with van der Waals surface area (Å²) >= 11 is 1.63. The van der Waals surface area contributed by atoms with Crippen molar-refractivity contribution in [3.63, 3.8) is 0 Å². The van der Waals surface area contributed by atoms with Gasteiger partial charge in [0.1, 0.15) is 11.6 Å². The summed E-state index contributed by atoms with van der Waals surface area (Å²) in [6.45, 7) is 0.511. The number of halogens is 1. The molecule has 1 N–H and O–H groups in total. The van der Waals surface area contributed by atoms with Gasteiger partial charge in [0.25, 0.3) is 0 Å². The Kier molecular flexibility index (Phi) is 5.63. The van der Waals surface area contributed by atoms with Gasteiger partial charge in [0, 0.05) is 10.6 Å². The van der Waals surface area contributed by atoms with Crippen LogP contribution in [0.4, 0.5) is 4.39 Å². The molecule has 0 atom stereocenters. The van der Waals surface area contributed by atoms with E-state index in [4.69, 9.17) is 9.84 Å². The van der Waals surface area contributed by atoms with Crippen LogP contribution >= 0.6 is 11.8 Å². The van der Waals surface area contributed by atoms with Crippen molar-refractivity contribution in [2.45, 2.75) is 11.3 Å². The molecular formula is C16H15FO3S. The van der Waals surface area contributed by atoms with Gasteiger partial charge in [-0.2, -0.15) is 0 Å². The molecule has 0 unspecified atom stereocenters. The van der Waals surface area contributed by atoms with Crippen LogP contribution in [0.3, 0.4) is 0 Å². The highest BCUT2D eigenvalue weighted by Crippen LogP contribution is 2.19. The zero-order valence-electron chi connectivity index (χ0n) is 11.3. The first-order valence-electron chi connectivity index (χ1n) is 6.50. The predicted octanol–water partition coefficient (Wildman–Crippen LogP) is 4.09. The molecule has 2 rings (SSSR count). The average molecular weight is 306 g/mol. The van der Waals surface area contributed by atoms with Crippen molar-refractivity contribution in [1.29, 1.82) is 0 Å². The summed E-state index contributed by atoms with van der Waals surface area (Å²) in [5.74, 6) is 0.208. The third-order valence-corrected chi connectivity index (χ3v) is 3.82. The maximum Gasteiger partial charge on any atom is 0.335 e. The highest BCUT2D eigenvalue weighted by molar-refractivity contribution is 7.99. The Morgan fingerprint density at radius 2 is 1.95 bits per heavy atom. The number of rotatable bonds is 7. The molecule has 2 aromatic rings. The summed E-state index contributed by atoms with van der Waals surface area (Å²) in [7, 11) is 0. The van der Waals surface area contributed by atoms with Crippen molar-refractivity contribution in [3.05, 3.63) is 59.9 Å². The van der Waals surface area contributed by atoms with Gasteiger partial charge < -0.3 is 9.84 Å². The quantitative estimate of drug-likeness (QED) is 0.618. The molecule has 0 aliphatic carbocycles. The maximum absolute atomic E-state index is 12.7. The molecule has 0 aliphatic heterocycles. The van der Waals surface area contributed by atoms with Crippen molar-refractivity contribution in [1.82, 2.24) is 0 Å². The normalized spacial score (nSPS) is 10.3. The number of ether oxygens (including phenoxy) is 1. The molecule has 3 nitrogen and oxygen atoms in total. The molecule has 0 bridgehead atoms. The molecule has 0 heterocycles. The van der Waals surface area contributed by atoms with Gasteiger partial charge in [-0.25, -0.2) is 9.18 Å². The number of thioether (sulfide) groups is 1. The first kappa shape index (κ1) is 15.4. The second-order valence-corrected chi connectivity index (χ2v) is 5.51. The van der Waals surface area contributed by atoms with Crippen molar-refractivity contribution < 1.29 is 19.0 Å². The molecule has 110 valence electrons. The van der Waals surface area contributed by atoms with Crippen LogP contribution in [0.2, 0.25) is 0 Å². The number of carboxylic acids is 1. The third kappa shape index (κ3) is 5.11. The molecule has 0 radical (unpaired) electrons. The molecule has 0 saturated heterocycles. The van der Waals surface area contributed by atoms with E-state index in [0.29, 0.717) is 12.4 Å². The van der Waals surface area contributed by atoms with Crippen LogP contribution in [0.5, 0.6) is 5.75 Å². The van der Waals surface area contributed by atoms with E-state index in [2.05, 4.69) is 0 Å². The molecule has 0 aliphatic rings. The van der Waals surface area contributed by atoms with Gasteiger partial charge in [-0.05, 0) is 48.9 Å². The van der Waals surface area contributed by atoms with Crippen LogP contribution in [0.15, 0.2) is 53.4 Å². The Morgan fingerprint density at radius 3 is 2.67 bits per heavy atom. The molecule has 0 saturated carbocycles. The lowest BCUT2D eigenvalue weighted by Crippen LogP contribution is -2.01. The summed E-state index contributed by atoms with van der Waals surface area (Å²) in [6, 6.07) is 12.8. The minimum atomic E-state index is -0.965. The van der Waals surface area contributed by atoms with Gasteiger partial charge in [0.05, 0.1) is 12.2 Å². The Bertz CT molecular complexity index is 599. The summed E-state index contributed by atoms with van der Waals surface area (Å²) < 4.78 is 18.3. The minimum absolute atomic E-state index is 0.216. The zero-order chi connectivity index (χ0) is 15.1. The Hall–Kier alpha value is -2.01. The number of aromatic carboxylic acids is 1. The van der Waals surface area contributed by atoms with Crippen molar-refractivity contribution in [2.24, 2.45) is 0 Å². The lowest BCUT2D eigenvalue weighted by molar-refractivity contribution is 0.0696. The van der Waals surface area contributed by atoms with E-state index in [1.807, 2.05) is 0 Å². The van der Waals surface area contributed by atoms with Gasteiger partial charge in [-0.1, -0.05) is 6.07 Å². The standard InChI is InChI=1S/C16H15FO3S/c17-13-5-7-15(8-6-13)21-10-2-9-20-14-4-1-3-12(11-14)16(18)19/h1,3-8,11H,2,9-10H2,(H,18,19). The van der Waals surface area contributed by atoms with Gasteiger partial charge >= 0.3 is 5.97 Å². The second-order valence-electron chi connectivity index (χ2n) is 4.34. The Morgan fingerprint density at radius 1 is 1.19 bits per heavy atom. The third-order valence-electron chi connectivity index (χ3n) is 2.72. The number of hydrogen-bond acceptors (Lipinski definition) is 3. The molecule has 5 heteroatoms. The fourth-order valence-corrected chi connectivity index (χ4v) is 2.52. The van der Waals surface area contributed by atoms with E-state index >= 15 is 0 Å². The highest BCUT2D eigenvalue weighted by atomic mass is 32.2. The molecule has 0 fully saturated rings. The Labute approximate surface area is 126 Å². The predicted molar refractivity (Wildman–Crippen MR) is 80.6 cm³/mol. The van der Waals surface area contributed by atoms with E-state index < -0.39 is 5.97 Å². The van der Waals surface area contributed by atoms with E-state index in [1.165, 1.54) is 24.3 Å². The van der Waals surface area contributed by atoms with E-state index in [1.54, 1.807) is 36.0 Å². The average Bonchev–Trinajstić information content (AvgIpc) is 2.49. The summed E-state index contributed by atoms with van der Waals surface area (Å²) in [5.41, 5.74) is 0.216. The van der Waals surface area contributed by atoms with Crippen LogP contribution in [-0.2, 0) is 0 Å². The first-order valence-corrected chi connectivity index (χ1v) is 7.48. The molecular weight excluding hydrogens is 291 g/mol. The molecule has 0 aromatic heterocycles. The zero-order valence-corrected chi connectivity index (χ0v) is 12.1. The van der Waals surface area contributed by atoms with Gasteiger partial charge in [0.2, 0.25) is 0 Å². The van der Waals surface area contributed by atoms with Gasteiger partial charge in [0.15, 0.2) is 0 Å². The summed E-state index contributed by atoms with van der Waals surface area (Å²) in [4.78, 5) is 11.8. The van der Waals surface area contributed by atoms with Crippen molar-refractivity contribution >= 4 is 17.7 Å². The number of benzene rings is 2. The molecule has 0 amide bonds. The topological polar surface area (TPSA) is 46.5 Å². The second kappa shape index (κ2) is 7.69. The van der Waals surface area contributed by atoms with E-state index in [-0.39, 0.29) is 11.4 Å². The minimum Gasteiger partial charge on any atom is -0.494 e. The Balaban J connectivity index is 1.71. The van der Waals surface area contributed by atoms with Gasteiger partial charge in [-0.3, -0.25) is 0 Å². The fourth-order valence-electron chi connectivity index (χ4n) is 1.69. The fraction of sp³-hybridized carbons (Fsp3) is 0.188. The largest absolute Gasteiger partial charge is 0.494 e. The van der Waals surface area contributed by atoms with Crippen LogP contribution in [-0.4, -0.2) is 23.4 Å². The van der Waals surface area contributed by atoms with Crippen molar-refractivity contribution in [3.8, 4) is 5.75 Å².